The molecule has 0 atom stereocenters. The molecule has 0 bridgehead atoms. The number of rotatable bonds is 2. The molecule has 0 saturated carbocycles. The van der Waals surface area contributed by atoms with E-state index in [9.17, 15) is 0 Å². The number of nitrogens with zero attached hydrogens (tertiary/aromatic N) is 1. The topological polar surface area (TPSA) is 40.7 Å². The van der Waals surface area contributed by atoms with Crippen molar-refractivity contribution in [2.24, 2.45) is 0 Å². The second-order valence-electron chi connectivity index (χ2n) is 4.93. The Morgan fingerprint density at radius 2 is 2.19 bits per heavy atom. The molecule has 2 heterocycles. The highest BCUT2D eigenvalue weighted by Gasteiger charge is 2.12. The number of hydrogen-bond acceptors (Lipinski definition) is 2. The molecular weight excluding hydrogens is 222 g/mol. The van der Waals surface area contributed by atoms with E-state index in [1.807, 2.05) is 12.3 Å². The summed E-state index contributed by atoms with van der Waals surface area (Å²) in [4.78, 5) is 7.37. The summed E-state index contributed by atoms with van der Waals surface area (Å²) in [7, 11) is 0. The summed E-state index contributed by atoms with van der Waals surface area (Å²) in [5, 5.41) is 5.20. The average Bonchev–Trinajstić information content (AvgIpc) is 2.58. The first-order valence-corrected chi connectivity index (χ1v) is 5.71. The van der Waals surface area contributed by atoms with Gasteiger partial charge in [0.05, 0.1) is 5.02 Å². The maximum atomic E-state index is 6.17. The van der Waals surface area contributed by atoms with E-state index in [-0.39, 0.29) is 5.54 Å². The molecule has 4 heteroatoms. The summed E-state index contributed by atoms with van der Waals surface area (Å²) in [6.45, 7) is 7.21. The first-order chi connectivity index (χ1) is 7.47. The molecule has 0 fully saturated rings. The van der Waals surface area contributed by atoms with Crippen molar-refractivity contribution in [2.45, 2.75) is 32.9 Å². The fourth-order valence-electron chi connectivity index (χ4n) is 1.58. The van der Waals surface area contributed by atoms with E-state index in [0.29, 0.717) is 0 Å². The summed E-state index contributed by atoms with van der Waals surface area (Å²) in [5.41, 5.74) is 2.10. The van der Waals surface area contributed by atoms with Crippen molar-refractivity contribution >= 4 is 22.6 Å². The van der Waals surface area contributed by atoms with Crippen molar-refractivity contribution in [2.75, 3.05) is 0 Å². The molecular formula is C12H16ClN3. The van der Waals surface area contributed by atoms with Crippen molar-refractivity contribution in [3.63, 3.8) is 0 Å². The molecule has 0 saturated heterocycles. The highest BCUT2D eigenvalue weighted by molar-refractivity contribution is 6.35. The van der Waals surface area contributed by atoms with Crippen molar-refractivity contribution in [1.29, 1.82) is 0 Å². The Bertz CT molecular complexity index is 496. The van der Waals surface area contributed by atoms with Gasteiger partial charge in [-0.25, -0.2) is 4.98 Å². The number of aromatic nitrogens is 2. The van der Waals surface area contributed by atoms with Crippen LogP contribution < -0.4 is 5.32 Å². The molecule has 0 amide bonds. The van der Waals surface area contributed by atoms with Gasteiger partial charge in [0.1, 0.15) is 5.65 Å². The Hall–Kier alpha value is -1.06. The lowest BCUT2D eigenvalue weighted by molar-refractivity contribution is 0.425. The van der Waals surface area contributed by atoms with Crippen LogP contribution in [0.25, 0.3) is 11.0 Å². The van der Waals surface area contributed by atoms with E-state index in [1.54, 1.807) is 6.20 Å². The molecule has 16 heavy (non-hydrogen) atoms. The molecule has 0 aliphatic carbocycles. The third-order valence-corrected chi connectivity index (χ3v) is 2.73. The van der Waals surface area contributed by atoms with E-state index in [2.05, 4.69) is 36.1 Å². The van der Waals surface area contributed by atoms with Gasteiger partial charge in [-0.15, -0.1) is 0 Å². The SMILES string of the molecule is CC(C)(C)NCc1c[nH]c2nccc(Cl)c12. The average molecular weight is 238 g/mol. The molecule has 0 aliphatic heterocycles. The largest absolute Gasteiger partial charge is 0.346 e. The zero-order valence-corrected chi connectivity index (χ0v) is 10.5. The lowest BCUT2D eigenvalue weighted by Crippen LogP contribution is -2.34. The highest BCUT2D eigenvalue weighted by Crippen LogP contribution is 2.25. The smallest absolute Gasteiger partial charge is 0.139 e. The van der Waals surface area contributed by atoms with Gasteiger partial charge in [0, 0.05) is 29.9 Å². The third kappa shape index (κ3) is 2.36. The molecule has 2 aromatic rings. The van der Waals surface area contributed by atoms with Crippen LogP contribution in [-0.4, -0.2) is 15.5 Å². The van der Waals surface area contributed by atoms with Gasteiger partial charge in [-0.2, -0.15) is 0 Å². The zero-order chi connectivity index (χ0) is 11.8. The Kier molecular flexibility index (Phi) is 2.91. The maximum absolute atomic E-state index is 6.17. The van der Waals surface area contributed by atoms with Crippen LogP contribution >= 0.6 is 11.6 Å². The molecule has 2 aromatic heterocycles. The van der Waals surface area contributed by atoms with Crippen LogP contribution in [0.15, 0.2) is 18.5 Å². The molecule has 0 aromatic carbocycles. The van der Waals surface area contributed by atoms with Gasteiger partial charge < -0.3 is 10.3 Å². The van der Waals surface area contributed by atoms with Crippen molar-refractivity contribution < 1.29 is 0 Å². The lowest BCUT2D eigenvalue weighted by Gasteiger charge is -2.20. The minimum atomic E-state index is 0.0955. The van der Waals surface area contributed by atoms with Crippen LogP contribution in [0.5, 0.6) is 0 Å². The van der Waals surface area contributed by atoms with Crippen LogP contribution in [-0.2, 0) is 6.54 Å². The highest BCUT2D eigenvalue weighted by atomic mass is 35.5. The van der Waals surface area contributed by atoms with Gasteiger partial charge in [0.2, 0.25) is 0 Å². The second-order valence-corrected chi connectivity index (χ2v) is 5.34. The number of fused-ring (bicyclic) bond motifs is 1. The summed E-state index contributed by atoms with van der Waals surface area (Å²) in [6, 6.07) is 1.82. The minimum absolute atomic E-state index is 0.0955. The number of pyridine rings is 1. The number of hydrogen-bond donors (Lipinski definition) is 2. The van der Waals surface area contributed by atoms with Crippen molar-refractivity contribution in [3.05, 3.63) is 29.0 Å². The van der Waals surface area contributed by atoms with Crippen LogP contribution in [0.4, 0.5) is 0 Å². The summed E-state index contributed by atoms with van der Waals surface area (Å²) >= 11 is 6.17. The molecule has 2 rings (SSSR count). The summed E-state index contributed by atoms with van der Waals surface area (Å²) in [6.07, 6.45) is 3.67. The van der Waals surface area contributed by atoms with Crippen LogP contribution in [0.2, 0.25) is 5.02 Å². The van der Waals surface area contributed by atoms with Gasteiger partial charge in [-0.1, -0.05) is 11.6 Å². The van der Waals surface area contributed by atoms with Gasteiger partial charge in [-0.05, 0) is 32.4 Å². The number of H-pyrrole nitrogens is 1. The Labute approximate surface area is 100 Å². The first-order valence-electron chi connectivity index (χ1n) is 5.33. The van der Waals surface area contributed by atoms with E-state index in [0.717, 1.165) is 28.2 Å². The third-order valence-electron chi connectivity index (χ3n) is 2.41. The monoisotopic (exact) mass is 237 g/mol. The van der Waals surface area contributed by atoms with Crippen LogP contribution in [0, 0.1) is 0 Å². The summed E-state index contributed by atoms with van der Waals surface area (Å²) in [5.74, 6) is 0. The van der Waals surface area contributed by atoms with Gasteiger partial charge in [-0.3, -0.25) is 0 Å². The van der Waals surface area contributed by atoms with Gasteiger partial charge in [0.25, 0.3) is 0 Å². The number of aromatic amines is 1. The molecule has 3 nitrogen and oxygen atoms in total. The predicted molar refractivity (Wildman–Crippen MR) is 67.7 cm³/mol. The zero-order valence-electron chi connectivity index (χ0n) is 9.76. The summed E-state index contributed by atoms with van der Waals surface area (Å²) < 4.78 is 0. The van der Waals surface area contributed by atoms with Crippen molar-refractivity contribution in [1.82, 2.24) is 15.3 Å². The molecule has 2 N–H and O–H groups in total. The van der Waals surface area contributed by atoms with Gasteiger partial charge >= 0.3 is 0 Å². The second kappa shape index (κ2) is 4.07. The number of nitrogens with one attached hydrogen (secondary N) is 2. The molecule has 0 radical (unpaired) electrons. The molecule has 0 aliphatic rings. The molecule has 86 valence electrons. The fourth-order valence-corrected chi connectivity index (χ4v) is 1.85. The standard InChI is InChI=1S/C12H16ClN3/c1-12(2,3)16-7-8-6-15-11-10(8)9(13)4-5-14-11/h4-6,16H,7H2,1-3H3,(H,14,15). The maximum Gasteiger partial charge on any atom is 0.139 e. The minimum Gasteiger partial charge on any atom is -0.346 e. The lowest BCUT2D eigenvalue weighted by atomic mass is 10.1. The fraction of sp³-hybridized carbons (Fsp3) is 0.417. The Balaban J connectivity index is 2.32. The normalized spacial score (nSPS) is 12.2. The molecule has 0 spiro atoms. The van der Waals surface area contributed by atoms with E-state index >= 15 is 0 Å². The quantitative estimate of drug-likeness (QED) is 0.843. The van der Waals surface area contributed by atoms with Crippen molar-refractivity contribution in [3.8, 4) is 0 Å². The van der Waals surface area contributed by atoms with Crippen LogP contribution in [0.1, 0.15) is 26.3 Å². The Morgan fingerprint density at radius 1 is 1.44 bits per heavy atom. The first kappa shape index (κ1) is 11.4. The van der Waals surface area contributed by atoms with E-state index < -0.39 is 0 Å². The predicted octanol–water partition coefficient (Wildman–Crippen LogP) is 3.10. The van der Waals surface area contributed by atoms with Gasteiger partial charge in [0.15, 0.2) is 0 Å². The number of halogens is 1. The molecule has 0 unspecified atom stereocenters. The Morgan fingerprint density at radius 3 is 2.88 bits per heavy atom. The van der Waals surface area contributed by atoms with E-state index in [4.69, 9.17) is 11.6 Å². The van der Waals surface area contributed by atoms with Crippen LogP contribution in [0.3, 0.4) is 0 Å². The van der Waals surface area contributed by atoms with E-state index in [1.165, 1.54) is 0 Å².